The average Bonchev–Trinajstić information content (AvgIpc) is 3.16. The lowest BCUT2D eigenvalue weighted by Gasteiger charge is -2.28. The van der Waals surface area contributed by atoms with Gasteiger partial charge in [-0.25, -0.2) is 8.42 Å². The molecule has 6 nitrogen and oxygen atoms in total. The monoisotopic (exact) mass is 408 g/mol. The first-order valence-electron chi connectivity index (χ1n) is 8.92. The van der Waals surface area contributed by atoms with E-state index in [1.807, 2.05) is 0 Å². The van der Waals surface area contributed by atoms with Crippen molar-refractivity contribution < 1.29 is 17.9 Å². The number of nitrogens with zero attached hydrogens (tertiary/aromatic N) is 1. The van der Waals surface area contributed by atoms with Crippen molar-refractivity contribution in [1.29, 1.82) is 0 Å². The van der Waals surface area contributed by atoms with E-state index in [0.29, 0.717) is 34.5 Å². The second-order valence-corrected chi connectivity index (χ2v) is 10.0. The van der Waals surface area contributed by atoms with Gasteiger partial charge in [0.15, 0.2) is 0 Å². The summed E-state index contributed by atoms with van der Waals surface area (Å²) in [6.07, 6.45) is 1.79. The van der Waals surface area contributed by atoms with E-state index in [4.69, 9.17) is 4.74 Å². The normalized spacial score (nSPS) is 16.2. The molecule has 1 aliphatic rings. The van der Waals surface area contributed by atoms with Crippen LogP contribution in [0.2, 0.25) is 0 Å². The number of benzene rings is 1. The van der Waals surface area contributed by atoms with E-state index in [-0.39, 0.29) is 12.5 Å². The highest BCUT2D eigenvalue weighted by Gasteiger charge is 2.29. The minimum absolute atomic E-state index is 0.254. The van der Waals surface area contributed by atoms with Crippen molar-refractivity contribution in [3.05, 3.63) is 46.8 Å². The third kappa shape index (κ3) is 4.51. The van der Waals surface area contributed by atoms with Crippen molar-refractivity contribution in [2.45, 2.75) is 30.5 Å². The molecule has 1 saturated heterocycles. The van der Waals surface area contributed by atoms with Crippen LogP contribution in [0.1, 0.15) is 35.0 Å². The molecule has 0 spiro atoms. The van der Waals surface area contributed by atoms with E-state index in [9.17, 15) is 13.2 Å². The fourth-order valence-electron chi connectivity index (χ4n) is 3.04. The number of ether oxygens (including phenoxy) is 1. The highest BCUT2D eigenvalue weighted by molar-refractivity contribution is 7.91. The van der Waals surface area contributed by atoms with Gasteiger partial charge in [-0.3, -0.25) is 4.79 Å². The SMILES string of the molecule is COc1ccccc1C(=O)NCc1ccc(S(=O)(=O)N2CCC(C)CC2)s1. The van der Waals surface area contributed by atoms with E-state index in [0.717, 1.165) is 17.7 Å². The minimum atomic E-state index is -3.45. The molecule has 0 atom stereocenters. The zero-order chi connectivity index (χ0) is 19.4. The molecule has 1 fully saturated rings. The number of para-hydroxylation sites is 1. The van der Waals surface area contributed by atoms with Crippen molar-refractivity contribution in [3.63, 3.8) is 0 Å². The Labute approximate surface area is 164 Å². The highest BCUT2D eigenvalue weighted by Crippen LogP contribution is 2.28. The van der Waals surface area contributed by atoms with Crippen LogP contribution in [0.15, 0.2) is 40.6 Å². The lowest BCUT2D eigenvalue weighted by molar-refractivity contribution is 0.0948. The van der Waals surface area contributed by atoms with Crippen LogP contribution in [0.3, 0.4) is 0 Å². The van der Waals surface area contributed by atoms with E-state index >= 15 is 0 Å². The minimum Gasteiger partial charge on any atom is -0.496 e. The largest absolute Gasteiger partial charge is 0.496 e. The summed E-state index contributed by atoms with van der Waals surface area (Å²) in [4.78, 5) is 13.2. The third-order valence-corrected chi connectivity index (χ3v) is 8.20. The number of rotatable bonds is 6. The summed E-state index contributed by atoms with van der Waals surface area (Å²) in [6.45, 7) is 3.56. The van der Waals surface area contributed by atoms with Gasteiger partial charge in [-0.05, 0) is 43.0 Å². The summed E-state index contributed by atoms with van der Waals surface area (Å²) < 4.78 is 32.7. The molecule has 1 N–H and O–H groups in total. The summed E-state index contributed by atoms with van der Waals surface area (Å²) in [6, 6.07) is 10.4. The standard InChI is InChI=1S/C19H24N2O4S2/c1-14-9-11-21(12-10-14)27(23,24)18-8-7-15(26-18)13-20-19(22)16-5-3-4-6-17(16)25-2/h3-8,14H,9-13H2,1-2H3,(H,20,22). The van der Waals surface area contributed by atoms with E-state index < -0.39 is 10.0 Å². The molecule has 0 radical (unpaired) electrons. The quantitative estimate of drug-likeness (QED) is 0.797. The zero-order valence-corrected chi connectivity index (χ0v) is 17.1. The molecular weight excluding hydrogens is 384 g/mol. The summed E-state index contributed by atoms with van der Waals surface area (Å²) in [5.74, 6) is 0.819. The number of carbonyl (C=O) groups is 1. The number of carbonyl (C=O) groups excluding carboxylic acids is 1. The Bertz CT molecular complexity index is 900. The topological polar surface area (TPSA) is 75.7 Å². The Hall–Kier alpha value is -1.90. The Balaban J connectivity index is 1.65. The van der Waals surface area contributed by atoms with Gasteiger partial charge in [0.05, 0.1) is 19.2 Å². The first kappa shape index (κ1) is 19.9. The summed E-state index contributed by atoms with van der Waals surface area (Å²) >= 11 is 1.21. The molecule has 0 saturated carbocycles. The number of sulfonamides is 1. The molecule has 1 aromatic carbocycles. The maximum Gasteiger partial charge on any atom is 0.255 e. The van der Waals surface area contributed by atoms with Gasteiger partial charge in [0.25, 0.3) is 15.9 Å². The Morgan fingerprint density at radius 2 is 1.93 bits per heavy atom. The van der Waals surface area contributed by atoms with Gasteiger partial charge in [0.2, 0.25) is 0 Å². The molecule has 1 aliphatic heterocycles. The van der Waals surface area contributed by atoms with E-state index in [1.54, 1.807) is 40.7 Å². The molecule has 1 aromatic heterocycles. The van der Waals surface area contributed by atoms with Crippen LogP contribution in [0.5, 0.6) is 5.75 Å². The van der Waals surface area contributed by atoms with E-state index in [1.165, 1.54) is 18.4 Å². The lowest BCUT2D eigenvalue weighted by Crippen LogP contribution is -2.37. The molecule has 2 heterocycles. The zero-order valence-electron chi connectivity index (χ0n) is 15.5. The second kappa shape index (κ2) is 8.41. The van der Waals surface area contributed by atoms with Gasteiger partial charge in [-0.1, -0.05) is 19.1 Å². The van der Waals surface area contributed by atoms with Crippen LogP contribution >= 0.6 is 11.3 Å². The van der Waals surface area contributed by atoms with Crippen LogP contribution in [0.25, 0.3) is 0 Å². The van der Waals surface area contributed by atoms with Crippen molar-refractivity contribution in [1.82, 2.24) is 9.62 Å². The highest BCUT2D eigenvalue weighted by atomic mass is 32.2. The Morgan fingerprint density at radius 3 is 2.63 bits per heavy atom. The van der Waals surface area contributed by atoms with Gasteiger partial charge >= 0.3 is 0 Å². The maximum atomic E-state index is 12.8. The maximum absolute atomic E-state index is 12.8. The number of nitrogens with one attached hydrogen (secondary N) is 1. The summed E-state index contributed by atoms with van der Waals surface area (Å²) in [7, 11) is -1.93. The molecule has 0 bridgehead atoms. The Kier molecular flexibility index (Phi) is 6.18. The number of thiophene rings is 1. The van der Waals surface area contributed by atoms with Crippen molar-refractivity contribution >= 4 is 27.3 Å². The van der Waals surface area contributed by atoms with Crippen molar-refractivity contribution in [3.8, 4) is 5.75 Å². The third-order valence-electron chi connectivity index (χ3n) is 4.75. The molecule has 8 heteroatoms. The fourth-order valence-corrected chi connectivity index (χ4v) is 5.96. The Morgan fingerprint density at radius 1 is 1.22 bits per heavy atom. The fraction of sp³-hybridized carbons (Fsp3) is 0.421. The lowest BCUT2D eigenvalue weighted by atomic mass is 10.0. The van der Waals surface area contributed by atoms with Crippen LogP contribution in [-0.2, 0) is 16.6 Å². The molecule has 3 rings (SSSR count). The van der Waals surface area contributed by atoms with Crippen LogP contribution in [-0.4, -0.2) is 38.8 Å². The predicted molar refractivity (Wildman–Crippen MR) is 106 cm³/mol. The van der Waals surface area contributed by atoms with Gasteiger partial charge in [0, 0.05) is 18.0 Å². The van der Waals surface area contributed by atoms with Gasteiger partial charge < -0.3 is 10.1 Å². The van der Waals surface area contributed by atoms with Gasteiger partial charge in [0.1, 0.15) is 9.96 Å². The molecular formula is C19H24N2O4S2. The molecule has 0 aliphatic carbocycles. The average molecular weight is 409 g/mol. The second-order valence-electron chi connectivity index (χ2n) is 6.69. The first-order valence-corrected chi connectivity index (χ1v) is 11.2. The van der Waals surface area contributed by atoms with E-state index in [2.05, 4.69) is 12.2 Å². The number of piperidine rings is 1. The van der Waals surface area contributed by atoms with Gasteiger partial charge in [-0.15, -0.1) is 11.3 Å². The van der Waals surface area contributed by atoms with Crippen molar-refractivity contribution in [2.75, 3.05) is 20.2 Å². The first-order chi connectivity index (χ1) is 12.9. The smallest absolute Gasteiger partial charge is 0.255 e. The number of methoxy groups -OCH3 is 1. The van der Waals surface area contributed by atoms with Crippen LogP contribution < -0.4 is 10.1 Å². The van der Waals surface area contributed by atoms with Gasteiger partial charge in [-0.2, -0.15) is 4.31 Å². The van der Waals surface area contributed by atoms with Crippen LogP contribution in [0, 0.1) is 5.92 Å². The number of hydrogen-bond donors (Lipinski definition) is 1. The summed E-state index contributed by atoms with van der Waals surface area (Å²) in [5, 5.41) is 2.82. The summed E-state index contributed by atoms with van der Waals surface area (Å²) in [5.41, 5.74) is 0.451. The predicted octanol–water partition coefficient (Wildman–Crippen LogP) is 3.11. The van der Waals surface area contributed by atoms with Crippen molar-refractivity contribution in [2.24, 2.45) is 5.92 Å². The molecule has 2 aromatic rings. The molecule has 27 heavy (non-hydrogen) atoms. The number of hydrogen-bond acceptors (Lipinski definition) is 5. The number of amides is 1. The van der Waals surface area contributed by atoms with Crippen LogP contribution in [0.4, 0.5) is 0 Å². The molecule has 0 unspecified atom stereocenters. The molecule has 1 amide bonds. The molecule has 146 valence electrons.